The highest BCUT2D eigenvalue weighted by atomic mass is 16.5. The molecule has 1 fully saturated rings. The summed E-state index contributed by atoms with van der Waals surface area (Å²) in [5, 5.41) is 3.24. The number of esters is 1. The van der Waals surface area contributed by atoms with Crippen LogP contribution in [-0.4, -0.2) is 51.1 Å². The first-order chi connectivity index (χ1) is 22.0. The van der Waals surface area contributed by atoms with E-state index in [4.69, 9.17) is 14.2 Å². The number of rotatable bonds is 15. The van der Waals surface area contributed by atoms with Crippen LogP contribution in [0.4, 0.5) is 11.4 Å². The summed E-state index contributed by atoms with van der Waals surface area (Å²) in [6.45, 7) is 0.954. The zero-order valence-electron chi connectivity index (χ0n) is 25.6. The van der Waals surface area contributed by atoms with Crippen molar-refractivity contribution in [1.82, 2.24) is 0 Å². The molecular weight excluding hydrogens is 568 g/mol. The second-order valence-corrected chi connectivity index (χ2v) is 10.9. The number of methoxy groups -OCH3 is 2. The lowest BCUT2D eigenvalue weighted by molar-refractivity contribution is -0.141. The predicted molar refractivity (Wildman–Crippen MR) is 174 cm³/mol. The molecule has 8 nitrogen and oxygen atoms in total. The molecule has 0 aliphatic heterocycles. The molecular formula is C37H38N2O6. The smallest absolute Gasteiger partial charge is 0.328 e. The van der Waals surface area contributed by atoms with Gasteiger partial charge in [-0.1, -0.05) is 66.7 Å². The highest BCUT2D eigenvalue weighted by molar-refractivity contribution is 6.12. The van der Waals surface area contributed by atoms with E-state index in [-0.39, 0.29) is 17.6 Å². The van der Waals surface area contributed by atoms with Gasteiger partial charge in [-0.05, 0) is 61.2 Å². The number of amides is 1. The molecule has 1 amide bonds. The van der Waals surface area contributed by atoms with Crippen LogP contribution < -0.4 is 19.7 Å². The topological polar surface area (TPSA) is 94.2 Å². The van der Waals surface area contributed by atoms with Gasteiger partial charge in [0.05, 0.1) is 26.5 Å². The monoisotopic (exact) mass is 606 g/mol. The van der Waals surface area contributed by atoms with E-state index in [1.165, 1.54) is 7.11 Å². The van der Waals surface area contributed by atoms with Gasteiger partial charge < -0.3 is 24.4 Å². The highest BCUT2D eigenvalue weighted by Gasteiger charge is 2.34. The van der Waals surface area contributed by atoms with Crippen LogP contribution in [0.15, 0.2) is 103 Å². The Morgan fingerprint density at radius 2 is 1.53 bits per heavy atom. The van der Waals surface area contributed by atoms with Gasteiger partial charge in [-0.25, -0.2) is 4.79 Å². The minimum atomic E-state index is -0.712. The van der Waals surface area contributed by atoms with Gasteiger partial charge in [0.25, 0.3) is 0 Å². The number of ketones is 1. The second-order valence-electron chi connectivity index (χ2n) is 10.9. The molecule has 8 heteroatoms. The maximum atomic E-state index is 13.2. The fraction of sp³-hybridized carbons (Fsp3) is 0.270. The van der Waals surface area contributed by atoms with Crippen LogP contribution in [0.5, 0.6) is 11.5 Å². The molecule has 232 valence electrons. The summed E-state index contributed by atoms with van der Waals surface area (Å²) < 4.78 is 16.6. The van der Waals surface area contributed by atoms with Crippen molar-refractivity contribution in [2.45, 2.75) is 31.7 Å². The first-order valence-electron chi connectivity index (χ1n) is 15.2. The number of carbonyl (C=O) groups excluding carboxylic acids is 3. The molecule has 0 radical (unpaired) electrons. The zero-order valence-corrected chi connectivity index (χ0v) is 25.6. The average molecular weight is 607 g/mol. The molecule has 0 spiro atoms. The van der Waals surface area contributed by atoms with Gasteiger partial charge in [-0.15, -0.1) is 0 Å². The Morgan fingerprint density at radius 1 is 0.844 bits per heavy atom. The molecule has 4 aromatic carbocycles. The zero-order chi connectivity index (χ0) is 31.6. The number of para-hydroxylation sites is 3. The number of benzene rings is 4. The van der Waals surface area contributed by atoms with Gasteiger partial charge in [-0.3, -0.25) is 9.59 Å². The highest BCUT2D eigenvalue weighted by Crippen LogP contribution is 2.36. The summed E-state index contributed by atoms with van der Waals surface area (Å²) in [5.41, 5.74) is 3.28. The minimum Gasteiger partial charge on any atom is -0.495 e. The van der Waals surface area contributed by atoms with Crippen molar-refractivity contribution in [2.75, 3.05) is 37.6 Å². The third-order valence-corrected chi connectivity index (χ3v) is 7.75. The molecule has 0 bridgehead atoms. The van der Waals surface area contributed by atoms with Crippen molar-refractivity contribution in [2.24, 2.45) is 5.92 Å². The van der Waals surface area contributed by atoms with E-state index in [0.717, 1.165) is 24.1 Å². The van der Waals surface area contributed by atoms with Gasteiger partial charge in [0.2, 0.25) is 5.91 Å². The van der Waals surface area contributed by atoms with Gasteiger partial charge in [-0.2, -0.15) is 0 Å². The molecule has 4 aromatic rings. The largest absolute Gasteiger partial charge is 0.495 e. The Balaban J connectivity index is 1.19. The first-order valence-corrected chi connectivity index (χ1v) is 15.2. The Bertz CT molecular complexity index is 1600. The number of anilines is 2. The average Bonchev–Trinajstić information content (AvgIpc) is 3.94. The SMILES string of the molecule is COC(=O)C(Cc1ccc(OCCCN(C(=O)C2CC2)c2ccccc2OC)cc1)Nc1ccccc1C(=O)c1ccccc1. The van der Waals surface area contributed by atoms with Crippen LogP contribution in [-0.2, 0) is 20.7 Å². The molecule has 0 aromatic heterocycles. The lowest BCUT2D eigenvalue weighted by Crippen LogP contribution is -2.34. The van der Waals surface area contributed by atoms with Crippen LogP contribution >= 0.6 is 0 Å². The van der Waals surface area contributed by atoms with E-state index in [1.54, 1.807) is 37.4 Å². The number of hydrogen-bond acceptors (Lipinski definition) is 7. The van der Waals surface area contributed by atoms with E-state index in [0.29, 0.717) is 54.3 Å². The van der Waals surface area contributed by atoms with Crippen molar-refractivity contribution < 1.29 is 28.6 Å². The summed E-state index contributed by atoms with van der Waals surface area (Å²) in [5.74, 6) is 1.02. The van der Waals surface area contributed by atoms with Crippen LogP contribution in [0.3, 0.4) is 0 Å². The third kappa shape index (κ3) is 8.09. The minimum absolute atomic E-state index is 0.0875. The van der Waals surface area contributed by atoms with Crippen LogP contribution in [0.25, 0.3) is 0 Å². The molecule has 1 aliphatic carbocycles. The van der Waals surface area contributed by atoms with E-state index in [2.05, 4.69) is 5.32 Å². The standard InChI is InChI=1S/C37H38N2O6/c1-43-34-16-9-8-15-33(34)39(36(41)28-19-20-28)23-10-24-45-29-21-17-26(18-22-29)25-32(37(42)44-2)38-31-14-7-6-13-30(31)35(40)27-11-4-3-5-12-27/h3-9,11-18,21-22,28,32,38H,10,19-20,23-25H2,1-2H3. The van der Waals surface area contributed by atoms with Crippen molar-refractivity contribution in [3.63, 3.8) is 0 Å². The third-order valence-electron chi connectivity index (χ3n) is 7.75. The van der Waals surface area contributed by atoms with Crippen LogP contribution in [0.1, 0.15) is 40.7 Å². The lowest BCUT2D eigenvalue weighted by atomic mass is 10.00. The lowest BCUT2D eigenvalue weighted by Gasteiger charge is -2.24. The Kier molecular flexibility index (Phi) is 10.5. The molecule has 1 aliphatic rings. The van der Waals surface area contributed by atoms with Crippen LogP contribution in [0, 0.1) is 5.92 Å². The number of nitrogens with one attached hydrogen (secondary N) is 1. The maximum Gasteiger partial charge on any atom is 0.328 e. The van der Waals surface area contributed by atoms with E-state index >= 15 is 0 Å². The Morgan fingerprint density at radius 3 is 2.24 bits per heavy atom. The molecule has 1 atom stereocenters. The fourth-order valence-corrected chi connectivity index (χ4v) is 5.20. The quantitative estimate of drug-likeness (QED) is 0.0960. The van der Waals surface area contributed by atoms with E-state index < -0.39 is 12.0 Å². The summed E-state index contributed by atoms with van der Waals surface area (Å²) in [6, 6.07) is 30.6. The predicted octanol–water partition coefficient (Wildman–Crippen LogP) is 6.33. The van der Waals surface area contributed by atoms with Crippen molar-refractivity contribution in [3.8, 4) is 11.5 Å². The normalized spacial score (nSPS) is 12.9. The molecule has 1 N–H and O–H groups in total. The maximum absolute atomic E-state index is 13.2. The molecule has 45 heavy (non-hydrogen) atoms. The van der Waals surface area contributed by atoms with Gasteiger partial charge >= 0.3 is 5.97 Å². The van der Waals surface area contributed by atoms with Crippen LogP contribution in [0.2, 0.25) is 0 Å². The van der Waals surface area contributed by atoms with Crippen molar-refractivity contribution in [3.05, 3.63) is 120 Å². The molecule has 0 saturated heterocycles. The van der Waals surface area contributed by atoms with Gasteiger partial charge in [0.1, 0.15) is 17.5 Å². The summed E-state index contributed by atoms with van der Waals surface area (Å²) in [7, 11) is 2.96. The summed E-state index contributed by atoms with van der Waals surface area (Å²) in [4.78, 5) is 40.8. The molecule has 1 unspecified atom stereocenters. The van der Waals surface area contributed by atoms with Crippen molar-refractivity contribution >= 4 is 29.0 Å². The molecule has 1 saturated carbocycles. The molecule has 5 rings (SSSR count). The van der Waals surface area contributed by atoms with E-state index in [1.807, 2.05) is 77.7 Å². The Hall–Kier alpha value is -5.11. The number of ether oxygens (including phenoxy) is 3. The summed E-state index contributed by atoms with van der Waals surface area (Å²) in [6.07, 6.45) is 2.85. The van der Waals surface area contributed by atoms with Crippen molar-refractivity contribution in [1.29, 1.82) is 0 Å². The number of carbonyl (C=O) groups is 3. The summed E-state index contributed by atoms with van der Waals surface area (Å²) >= 11 is 0. The first kappa shape index (κ1) is 31.3. The molecule has 0 heterocycles. The number of nitrogens with zero attached hydrogens (tertiary/aromatic N) is 1. The van der Waals surface area contributed by atoms with E-state index in [9.17, 15) is 14.4 Å². The van der Waals surface area contributed by atoms with Gasteiger partial charge in [0.15, 0.2) is 5.78 Å². The number of hydrogen-bond donors (Lipinski definition) is 1. The Labute approximate surface area is 263 Å². The second kappa shape index (κ2) is 15.1. The van der Waals surface area contributed by atoms with Gasteiger partial charge in [0, 0.05) is 35.7 Å². The fourth-order valence-electron chi connectivity index (χ4n) is 5.20.